The molecule has 0 aliphatic rings. The molecular formula is C10H16N2O2S. The smallest absolute Gasteiger partial charge is 0.265 e. The Morgan fingerprint density at radius 2 is 2.33 bits per heavy atom. The van der Waals surface area contributed by atoms with Crippen LogP contribution in [0.5, 0.6) is 5.75 Å². The quantitative estimate of drug-likeness (QED) is 0.814. The van der Waals surface area contributed by atoms with Gasteiger partial charge in [-0.3, -0.25) is 4.79 Å². The summed E-state index contributed by atoms with van der Waals surface area (Å²) in [5.74, 6) is 0.461. The van der Waals surface area contributed by atoms with Crippen molar-refractivity contribution in [3.8, 4) is 5.75 Å². The Morgan fingerprint density at radius 3 is 2.87 bits per heavy atom. The topological polar surface area (TPSA) is 64.3 Å². The summed E-state index contributed by atoms with van der Waals surface area (Å²) in [5.41, 5.74) is 5.14. The van der Waals surface area contributed by atoms with Gasteiger partial charge in [0.25, 0.3) is 5.91 Å². The van der Waals surface area contributed by atoms with Crippen LogP contribution in [0.1, 0.15) is 23.5 Å². The molecule has 1 aromatic heterocycles. The van der Waals surface area contributed by atoms with E-state index in [1.165, 1.54) is 11.3 Å². The van der Waals surface area contributed by atoms with Gasteiger partial charge >= 0.3 is 0 Å². The maximum Gasteiger partial charge on any atom is 0.265 e. The summed E-state index contributed by atoms with van der Waals surface area (Å²) in [4.78, 5) is 12.4. The molecule has 1 heterocycles. The Kier molecular flexibility index (Phi) is 3.71. The second-order valence-corrected chi connectivity index (χ2v) is 4.78. The van der Waals surface area contributed by atoms with E-state index < -0.39 is 5.54 Å². The van der Waals surface area contributed by atoms with Crippen molar-refractivity contribution in [3.05, 3.63) is 16.3 Å². The van der Waals surface area contributed by atoms with Gasteiger partial charge in [-0.05, 0) is 25.3 Å². The van der Waals surface area contributed by atoms with Gasteiger partial charge < -0.3 is 15.8 Å². The highest BCUT2D eigenvalue weighted by molar-refractivity contribution is 7.12. The molecule has 5 heteroatoms. The average molecular weight is 228 g/mol. The average Bonchev–Trinajstić information content (AvgIpc) is 2.64. The van der Waals surface area contributed by atoms with Crippen molar-refractivity contribution in [1.82, 2.24) is 5.32 Å². The van der Waals surface area contributed by atoms with Crippen LogP contribution in [0.3, 0.4) is 0 Å². The first-order valence-electron chi connectivity index (χ1n) is 4.64. The number of ether oxygens (including phenoxy) is 1. The Balaban J connectivity index is 2.78. The summed E-state index contributed by atoms with van der Waals surface area (Å²) in [7, 11) is 1.55. The van der Waals surface area contributed by atoms with E-state index in [1.807, 2.05) is 19.2 Å². The molecule has 15 heavy (non-hydrogen) atoms. The molecule has 0 spiro atoms. The first kappa shape index (κ1) is 12.0. The number of hydrogen-bond acceptors (Lipinski definition) is 4. The molecule has 0 saturated carbocycles. The molecule has 0 aromatic carbocycles. The van der Waals surface area contributed by atoms with Gasteiger partial charge in [0.2, 0.25) is 0 Å². The van der Waals surface area contributed by atoms with E-state index in [1.54, 1.807) is 13.2 Å². The number of amides is 1. The zero-order valence-corrected chi connectivity index (χ0v) is 9.98. The third kappa shape index (κ3) is 2.94. The van der Waals surface area contributed by atoms with E-state index in [4.69, 9.17) is 10.5 Å². The number of carbonyl (C=O) groups is 1. The number of nitrogens with two attached hydrogens (primary N) is 1. The highest BCUT2D eigenvalue weighted by atomic mass is 32.1. The van der Waals surface area contributed by atoms with Crippen LogP contribution in [0.25, 0.3) is 0 Å². The summed E-state index contributed by atoms with van der Waals surface area (Å²) in [5, 5.41) is 4.67. The fraction of sp³-hybridized carbons (Fsp3) is 0.500. The van der Waals surface area contributed by atoms with Gasteiger partial charge in [0.05, 0.1) is 7.11 Å². The van der Waals surface area contributed by atoms with Crippen LogP contribution in [0, 0.1) is 0 Å². The molecule has 0 aliphatic heterocycles. The number of methoxy groups -OCH3 is 1. The Labute approximate surface area is 93.4 Å². The van der Waals surface area contributed by atoms with Crippen molar-refractivity contribution in [2.45, 2.75) is 19.4 Å². The summed E-state index contributed by atoms with van der Waals surface area (Å²) < 4.78 is 5.07. The fourth-order valence-corrected chi connectivity index (χ4v) is 1.79. The van der Waals surface area contributed by atoms with Crippen LogP contribution in [0.4, 0.5) is 0 Å². The second kappa shape index (κ2) is 4.63. The highest BCUT2D eigenvalue weighted by Gasteiger charge is 2.22. The lowest BCUT2D eigenvalue weighted by molar-refractivity contribution is 0.0917. The van der Waals surface area contributed by atoms with Crippen LogP contribution in [-0.2, 0) is 0 Å². The molecule has 3 N–H and O–H groups in total. The van der Waals surface area contributed by atoms with Crippen LogP contribution in [-0.4, -0.2) is 25.1 Å². The molecule has 0 unspecified atom stereocenters. The minimum atomic E-state index is -0.397. The molecule has 1 amide bonds. The van der Waals surface area contributed by atoms with E-state index in [0.29, 0.717) is 17.2 Å². The summed E-state index contributed by atoms with van der Waals surface area (Å²) in [6.45, 7) is 4.16. The number of rotatable bonds is 4. The fourth-order valence-electron chi connectivity index (χ4n) is 1.04. The third-order valence-corrected chi connectivity index (χ3v) is 2.91. The van der Waals surface area contributed by atoms with Crippen molar-refractivity contribution in [3.63, 3.8) is 0 Å². The SMILES string of the molecule is COc1ccsc1C(=O)NC(C)(C)CN. The molecule has 0 bridgehead atoms. The zero-order chi connectivity index (χ0) is 11.5. The molecule has 0 atom stereocenters. The van der Waals surface area contributed by atoms with E-state index in [-0.39, 0.29) is 5.91 Å². The van der Waals surface area contributed by atoms with E-state index >= 15 is 0 Å². The van der Waals surface area contributed by atoms with Crippen LogP contribution in [0.15, 0.2) is 11.4 Å². The summed E-state index contributed by atoms with van der Waals surface area (Å²) >= 11 is 1.36. The molecule has 4 nitrogen and oxygen atoms in total. The van der Waals surface area contributed by atoms with Crippen LogP contribution >= 0.6 is 11.3 Å². The highest BCUT2D eigenvalue weighted by Crippen LogP contribution is 2.24. The monoisotopic (exact) mass is 228 g/mol. The molecular weight excluding hydrogens is 212 g/mol. The molecule has 0 fully saturated rings. The number of thiophene rings is 1. The molecule has 84 valence electrons. The van der Waals surface area contributed by atoms with Gasteiger partial charge in [-0.25, -0.2) is 0 Å². The predicted molar refractivity (Wildman–Crippen MR) is 61.5 cm³/mol. The van der Waals surface area contributed by atoms with Crippen molar-refractivity contribution in [2.75, 3.05) is 13.7 Å². The van der Waals surface area contributed by atoms with E-state index in [9.17, 15) is 4.79 Å². The van der Waals surface area contributed by atoms with E-state index in [0.717, 1.165) is 0 Å². The minimum Gasteiger partial charge on any atom is -0.495 e. The third-order valence-electron chi connectivity index (χ3n) is 2.02. The molecule has 0 aliphatic carbocycles. The van der Waals surface area contributed by atoms with Gasteiger partial charge in [-0.15, -0.1) is 11.3 Å². The largest absolute Gasteiger partial charge is 0.495 e. The lowest BCUT2D eigenvalue weighted by Crippen LogP contribution is -2.48. The zero-order valence-electron chi connectivity index (χ0n) is 9.16. The van der Waals surface area contributed by atoms with Gasteiger partial charge in [0.15, 0.2) is 0 Å². The first-order valence-corrected chi connectivity index (χ1v) is 5.52. The minimum absolute atomic E-state index is 0.141. The van der Waals surface area contributed by atoms with Gasteiger partial charge in [0, 0.05) is 12.1 Å². The van der Waals surface area contributed by atoms with Crippen LogP contribution < -0.4 is 15.8 Å². The molecule has 1 rings (SSSR count). The lowest BCUT2D eigenvalue weighted by Gasteiger charge is -2.23. The van der Waals surface area contributed by atoms with Gasteiger partial charge in [-0.1, -0.05) is 0 Å². The van der Waals surface area contributed by atoms with Crippen molar-refractivity contribution in [2.24, 2.45) is 5.73 Å². The summed E-state index contributed by atoms with van der Waals surface area (Å²) in [6, 6.07) is 1.77. The van der Waals surface area contributed by atoms with Crippen molar-refractivity contribution < 1.29 is 9.53 Å². The number of carbonyl (C=O) groups excluding carboxylic acids is 1. The van der Waals surface area contributed by atoms with Crippen molar-refractivity contribution in [1.29, 1.82) is 0 Å². The normalized spacial score (nSPS) is 11.2. The number of nitrogens with one attached hydrogen (secondary N) is 1. The lowest BCUT2D eigenvalue weighted by atomic mass is 10.1. The second-order valence-electron chi connectivity index (χ2n) is 3.86. The maximum absolute atomic E-state index is 11.8. The maximum atomic E-state index is 11.8. The molecule has 1 aromatic rings. The molecule has 0 radical (unpaired) electrons. The Morgan fingerprint density at radius 1 is 1.67 bits per heavy atom. The standard InChI is InChI=1S/C10H16N2O2S/c1-10(2,6-11)12-9(13)8-7(14-3)4-5-15-8/h4-5H,6,11H2,1-3H3,(H,12,13). The first-order chi connectivity index (χ1) is 7.00. The van der Waals surface area contributed by atoms with Crippen molar-refractivity contribution >= 4 is 17.2 Å². The number of hydrogen-bond donors (Lipinski definition) is 2. The van der Waals surface area contributed by atoms with E-state index in [2.05, 4.69) is 5.32 Å². The van der Waals surface area contributed by atoms with Gasteiger partial charge in [-0.2, -0.15) is 0 Å². The predicted octanol–water partition coefficient (Wildman–Crippen LogP) is 1.22. The Hall–Kier alpha value is -1.07. The van der Waals surface area contributed by atoms with Crippen LogP contribution in [0.2, 0.25) is 0 Å². The van der Waals surface area contributed by atoms with Gasteiger partial charge in [0.1, 0.15) is 10.6 Å². The summed E-state index contributed by atoms with van der Waals surface area (Å²) in [6.07, 6.45) is 0. The Bertz CT molecular complexity index is 347. The molecule has 0 saturated heterocycles.